The van der Waals surface area contributed by atoms with E-state index in [0.29, 0.717) is 11.6 Å². The van der Waals surface area contributed by atoms with Crippen LogP contribution in [0.15, 0.2) is 94.4 Å². The van der Waals surface area contributed by atoms with E-state index in [0.717, 1.165) is 26.6 Å². The summed E-state index contributed by atoms with van der Waals surface area (Å²) in [6.45, 7) is 6.23. The quantitative estimate of drug-likeness (QED) is 0.324. The zero-order valence-electron chi connectivity index (χ0n) is 17.8. The van der Waals surface area contributed by atoms with Gasteiger partial charge in [-0.1, -0.05) is 74.1 Å². The second-order valence-electron chi connectivity index (χ2n) is 7.37. The third-order valence-corrected chi connectivity index (χ3v) is 5.84. The average molecular weight is 428 g/mol. The molecule has 0 spiro atoms. The lowest BCUT2D eigenvalue weighted by Crippen LogP contribution is -2.15. The van der Waals surface area contributed by atoms with Gasteiger partial charge in [0, 0.05) is 21.7 Å². The molecule has 156 valence electrons. The fourth-order valence-corrected chi connectivity index (χ4v) is 4.05. The summed E-state index contributed by atoms with van der Waals surface area (Å²) in [6.07, 6.45) is 1.48. The minimum atomic E-state index is -0.448. The Kier molecular flexibility index (Phi) is 7.53. The lowest BCUT2D eigenvalue weighted by atomic mass is 9.98. The summed E-state index contributed by atoms with van der Waals surface area (Å²) in [7, 11) is 0. The van der Waals surface area contributed by atoms with Gasteiger partial charge in [0.15, 0.2) is 0 Å². The van der Waals surface area contributed by atoms with Crippen LogP contribution in [-0.2, 0) is 4.79 Å². The summed E-state index contributed by atoms with van der Waals surface area (Å²) in [5, 5.41) is 15.6. The number of carbonyl (C=O) groups is 1. The van der Waals surface area contributed by atoms with Gasteiger partial charge in [-0.25, -0.2) is 0 Å². The topological polar surface area (TPSA) is 64.9 Å². The molecule has 0 fully saturated rings. The van der Waals surface area contributed by atoms with Crippen LogP contribution in [0.1, 0.15) is 30.9 Å². The zero-order valence-corrected chi connectivity index (χ0v) is 18.7. The molecule has 5 heteroatoms. The van der Waals surface area contributed by atoms with E-state index >= 15 is 0 Å². The van der Waals surface area contributed by atoms with Gasteiger partial charge in [-0.3, -0.25) is 4.79 Å². The standard InChI is InChI=1S/C26H25N3OS/c1-18(2)22-13-9-10-19(3)25(22)28-17-20(16-27)26(30)29-23-14-7-8-15-24(23)31-21-11-5-4-6-12-21/h4-15,17-18,28H,1-3H3,(H,29,30)/b20-17-. The van der Waals surface area contributed by atoms with Crippen LogP contribution in [0.5, 0.6) is 0 Å². The molecule has 0 atom stereocenters. The molecule has 31 heavy (non-hydrogen) atoms. The van der Waals surface area contributed by atoms with Crippen LogP contribution in [0.2, 0.25) is 0 Å². The first-order valence-corrected chi connectivity index (χ1v) is 10.9. The highest BCUT2D eigenvalue weighted by Crippen LogP contribution is 2.33. The van der Waals surface area contributed by atoms with Crippen molar-refractivity contribution < 1.29 is 4.79 Å². The fraction of sp³-hybridized carbons (Fsp3) is 0.154. The Balaban J connectivity index is 1.80. The number of carbonyl (C=O) groups excluding carboxylic acids is 1. The highest BCUT2D eigenvalue weighted by atomic mass is 32.2. The molecule has 3 aromatic carbocycles. The van der Waals surface area contributed by atoms with Crippen LogP contribution in [0.25, 0.3) is 0 Å². The Hall–Kier alpha value is -3.49. The average Bonchev–Trinajstić information content (AvgIpc) is 2.77. The van der Waals surface area contributed by atoms with Crippen LogP contribution in [-0.4, -0.2) is 5.91 Å². The number of rotatable bonds is 7. The number of nitrogens with zero attached hydrogens (tertiary/aromatic N) is 1. The van der Waals surface area contributed by atoms with E-state index in [9.17, 15) is 10.1 Å². The molecular formula is C26H25N3OS. The molecule has 0 aliphatic heterocycles. The lowest BCUT2D eigenvalue weighted by molar-refractivity contribution is -0.112. The Morgan fingerprint density at radius 2 is 1.71 bits per heavy atom. The van der Waals surface area contributed by atoms with E-state index in [-0.39, 0.29) is 5.57 Å². The van der Waals surface area contributed by atoms with Crippen molar-refractivity contribution in [1.82, 2.24) is 0 Å². The molecule has 0 bridgehead atoms. The van der Waals surface area contributed by atoms with Gasteiger partial charge in [-0.15, -0.1) is 0 Å². The molecule has 0 aliphatic rings. The van der Waals surface area contributed by atoms with Gasteiger partial charge in [0.25, 0.3) is 5.91 Å². The first-order valence-electron chi connectivity index (χ1n) is 10.1. The third kappa shape index (κ3) is 5.78. The molecule has 0 unspecified atom stereocenters. The molecule has 0 heterocycles. The maximum atomic E-state index is 12.8. The van der Waals surface area contributed by atoms with Gasteiger partial charge < -0.3 is 10.6 Å². The molecule has 0 aliphatic carbocycles. The van der Waals surface area contributed by atoms with Crippen molar-refractivity contribution >= 4 is 29.0 Å². The first-order chi connectivity index (χ1) is 15.0. The van der Waals surface area contributed by atoms with Gasteiger partial charge in [0.2, 0.25) is 0 Å². The zero-order chi connectivity index (χ0) is 22.2. The number of benzene rings is 3. The van der Waals surface area contributed by atoms with E-state index in [1.54, 1.807) is 11.8 Å². The third-order valence-electron chi connectivity index (χ3n) is 4.76. The highest BCUT2D eigenvalue weighted by Gasteiger charge is 2.14. The molecule has 4 nitrogen and oxygen atoms in total. The monoisotopic (exact) mass is 427 g/mol. The number of hydrogen-bond donors (Lipinski definition) is 2. The van der Waals surface area contributed by atoms with Gasteiger partial charge in [-0.05, 0) is 48.2 Å². The summed E-state index contributed by atoms with van der Waals surface area (Å²) in [6, 6.07) is 25.6. The van der Waals surface area contributed by atoms with E-state index in [1.165, 1.54) is 6.20 Å². The largest absolute Gasteiger partial charge is 0.360 e. The van der Waals surface area contributed by atoms with Crippen LogP contribution < -0.4 is 10.6 Å². The van der Waals surface area contributed by atoms with E-state index < -0.39 is 5.91 Å². The van der Waals surface area contributed by atoms with Crippen molar-refractivity contribution in [2.45, 2.75) is 36.5 Å². The van der Waals surface area contributed by atoms with Crippen molar-refractivity contribution in [1.29, 1.82) is 5.26 Å². The number of amides is 1. The molecule has 0 saturated heterocycles. The summed E-state index contributed by atoms with van der Waals surface area (Å²) in [4.78, 5) is 14.8. The second-order valence-corrected chi connectivity index (χ2v) is 8.49. The summed E-state index contributed by atoms with van der Waals surface area (Å²) in [5.74, 6) is -0.132. The van der Waals surface area contributed by atoms with Gasteiger partial charge >= 0.3 is 0 Å². The number of hydrogen-bond acceptors (Lipinski definition) is 4. The number of aryl methyl sites for hydroxylation is 1. The normalized spacial score (nSPS) is 11.1. The van der Waals surface area contributed by atoms with Crippen LogP contribution in [0.4, 0.5) is 11.4 Å². The van der Waals surface area contributed by atoms with Gasteiger partial charge in [0.1, 0.15) is 11.6 Å². The van der Waals surface area contributed by atoms with Crippen LogP contribution in [0.3, 0.4) is 0 Å². The predicted octanol–water partition coefficient (Wildman–Crippen LogP) is 6.73. The van der Waals surface area contributed by atoms with Crippen molar-refractivity contribution in [2.75, 3.05) is 10.6 Å². The Labute approximate surface area is 188 Å². The fourth-order valence-electron chi connectivity index (χ4n) is 3.13. The molecular weight excluding hydrogens is 402 g/mol. The molecule has 0 radical (unpaired) electrons. The second kappa shape index (κ2) is 10.5. The Morgan fingerprint density at radius 1 is 1.00 bits per heavy atom. The number of nitrogens with one attached hydrogen (secondary N) is 2. The minimum absolute atomic E-state index is 0.0115. The number of para-hydroxylation sites is 2. The number of anilines is 2. The van der Waals surface area contributed by atoms with Crippen molar-refractivity contribution in [3.8, 4) is 6.07 Å². The molecule has 2 N–H and O–H groups in total. The molecule has 0 aromatic heterocycles. The highest BCUT2D eigenvalue weighted by molar-refractivity contribution is 7.99. The summed E-state index contributed by atoms with van der Waals surface area (Å²) in [5.41, 5.74) is 3.81. The molecule has 0 saturated carbocycles. The van der Waals surface area contributed by atoms with Gasteiger partial charge in [-0.2, -0.15) is 5.26 Å². The Bertz CT molecular complexity index is 1130. The van der Waals surface area contributed by atoms with E-state index in [2.05, 4.69) is 30.5 Å². The first kappa shape index (κ1) is 22.2. The maximum absolute atomic E-state index is 12.8. The Morgan fingerprint density at radius 3 is 2.42 bits per heavy atom. The molecule has 1 amide bonds. The summed E-state index contributed by atoms with van der Waals surface area (Å²) < 4.78 is 0. The molecule has 3 aromatic rings. The SMILES string of the molecule is Cc1cccc(C(C)C)c1N/C=C(/C#N)C(=O)Nc1ccccc1Sc1ccccc1. The number of nitriles is 1. The molecule has 3 rings (SSSR count). The van der Waals surface area contributed by atoms with Crippen molar-refractivity contribution in [3.63, 3.8) is 0 Å². The van der Waals surface area contributed by atoms with E-state index in [4.69, 9.17) is 0 Å². The minimum Gasteiger partial charge on any atom is -0.360 e. The lowest BCUT2D eigenvalue weighted by Gasteiger charge is -2.15. The summed E-state index contributed by atoms with van der Waals surface area (Å²) >= 11 is 1.56. The van der Waals surface area contributed by atoms with E-state index in [1.807, 2.05) is 79.7 Å². The predicted molar refractivity (Wildman–Crippen MR) is 128 cm³/mol. The smallest absolute Gasteiger partial charge is 0.267 e. The van der Waals surface area contributed by atoms with Crippen LogP contribution in [0, 0.1) is 18.3 Å². The van der Waals surface area contributed by atoms with Crippen LogP contribution >= 0.6 is 11.8 Å². The maximum Gasteiger partial charge on any atom is 0.267 e. The van der Waals surface area contributed by atoms with Gasteiger partial charge in [0.05, 0.1) is 5.69 Å². The van der Waals surface area contributed by atoms with Crippen molar-refractivity contribution in [2.24, 2.45) is 0 Å². The van der Waals surface area contributed by atoms with Crippen molar-refractivity contribution in [3.05, 3.63) is 95.7 Å².